The number of benzene rings is 2. The second-order valence-corrected chi connectivity index (χ2v) is 5.64. The number of hydrogen-bond donors (Lipinski definition) is 0. The molecular formula is C19H17NO2. The van der Waals surface area contributed by atoms with Gasteiger partial charge in [-0.15, -0.1) is 0 Å². The maximum absolute atomic E-state index is 12.4. The molecule has 2 aromatic rings. The minimum absolute atomic E-state index is 0.252. The van der Waals surface area contributed by atoms with Crippen molar-refractivity contribution in [1.29, 1.82) is 0 Å². The lowest BCUT2D eigenvalue weighted by atomic mass is 10.1. The van der Waals surface area contributed by atoms with Crippen LogP contribution in [0.1, 0.15) is 40.1 Å². The summed E-state index contributed by atoms with van der Waals surface area (Å²) < 4.78 is 0. The van der Waals surface area contributed by atoms with E-state index < -0.39 is 0 Å². The minimum Gasteiger partial charge on any atom is -0.268 e. The van der Waals surface area contributed by atoms with E-state index in [1.54, 1.807) is 24.3 Å². The van der Waals surface area contributed by atoms with Gasteiger partial charge in [0, 0.05) is 0 Å². The van der Waals surface area contributed by atoms with Crippen molar-refractivity contribution >= 4 is 17.5 Å². The molecule has 1 heterocycles. The maximum atomic E-state index is 12.4. The lowest BCUT2D eigenvalue weighted by Gasteiger charge is -2.14. The summed E-state index contributed by atoms with van der Waals surface area (Å²) in [6.45, 7) is 4.13. The third-order valence-corrected chi connectivity index (χ3v) is 3.73. The topological polar surface area (TPSA) is 37.4 Å². The van der Waals surface area contributed by atoms with Crippen molar-refractivity contribution in [3.8, 4) is 0 Å². The summed E-state index contributed by atoms with van der Waals surface area (Å²) in [4.78, 5) is 26.1. The Balaban J connectivity index is 1.88. The van der Waals surface area contributed by atoms with Crippen molar-refractivity contribution in [3.63, 3.8) is 0 Å². The number of imide groups is 1. The van der Waals surface area contributed by atoms with Gasteiger partial charge in [0.15, 0.2) is 0 Å². The van der Waals surface area contributed by atoms with Crippen LogP contribution in [0.4, 0.5) is 5.69 Å². The molecule has 0 unspecified atom stereocenters. The zero-order valence-electron chi connectivity index (χ0n) is 12.7. The highest BCUT2D eigenvalue weighted by Crippen LogP contribution is 2.28. The molecule has 3 heteroatoms. The average molecular weight is 291 g/mol. The predicted octanol–water partition coefficient (Wildman–Crippen LogP) is 4.00. The molecule has 0 atom stereocenters. The van der Waals surface area contributed by atoms with Crippen molar-refractivity contribution in [2.45, 2.75) is 20.3 Å². The summed E-state index contributed by atoms with van der Waals surface area (Å²) in [6, 6.07) is 14.5. The molecule has 0 aromatic heterocycles. The standard InChI is InChI=1S/C19H17NO2/c1-13(2)7-8-14-9-11-15(12-10-14)20-18(21)16-5-3-4-6-17(16)19(20)22/h3-7,9-12H,8H2,1-2H3. The first-order valence-corrected chi connectivity index (χ1v) is 7.28. The van der Waals surface area contributed by atoms with Crippen LogP contribution in [-0.4, -0.2) is 11.8 Å². The summed E-state index contributed by atoms with van der Waals surface area (Å²) in [5.74, 6) is -0.504. The predicted molar refractivity (Wildman–Crippen MR) is 87.2 cm³/mol. The van der Waals surface area contributed by atoms with Gasteiger partial charge < -0.3 is 0 Å². The van der Waals surface area contributed by atoms with Crippen molar-refractivity contribution in [1.82, 2.24) is 0 Å². The van der Waals surface area contributed by atoms with E-state index >= 15 is 0 Å². The zero-order chi connectivity index (χ0) is 15.7. The van der Waals surface area contributed by atoms with Crippen LogP contribution >= 0.6 is 0 Å². The second kappa shape index (κ2) is 5.60. The molecule has 0 saturated heterocycles. The first-order valence-electron chi connectivity index (χ1n) is 7.28. The Kier molecular flexibility index (Phi) is 3.63. The van der Waals surface area contributed by atoms with Gasteiger partial charge in [0.05, 0.1) is 16.8 Å². The minimum atomic E-state index is -0.252. The van der Waals surface area contributed by atoms with Crippen LogP contribution in [0.2, 0.25) is 0 Å². The number of amides is 2. The smallest absolute Gasteiger partial charge is 0.266 e. The lowest BCUT2D eigenvalue weighted by Crippen LogP contribution is -2.29. The number of rotatable bonds is 3. The van der Waals surface area contributed by atoms with Crippen LogP contribution in [0, 0.1) is 0 Å². The lowest BCUT2D eigenvalue weighted by molar-refractivity contribution is 0.0926. The first-order chi connectivity index (χ1) is 10.6. The van der Waals surface area contributed by atoms with E-state index in [4.69, 9.17) is 0 Å². The van der Waals surface area contributed by atoms with Gasteiger partial charge in [-0.3, -0.25) is 9.59 Å². The van der Waals surface area contributed by atoms with Crippen molar-refractivity contribution < 1.29 is 9.59 Å². The zero-order valence-corrected chi connectivity index (χ0v) is 12.7. The van der Waals surface area contributed by atoms with Crippen molar-refractivity contribution in [3.05, 3.63) is 76.9 Å². The van der Waals surface area contributed by atoms with E-state index in [-0.39, 0.29) is 11.8 Å². The number of carbonyl (C=O) groups excluding carboxylic acids is 2. The highest BCUT2D eigenvalue weighted by molar-refractivity contribution is 6.34. The molecule has 0 bridgehead atoms. The Morgan fingerprint density at radius 3 is 1.95 bits per heavy atom. The SMILES string of the molecule is CC(C)=CCc1ccc(N2C(=O)c3ccccc3C2=O)cc1. The molecule has 0 saturated carbocycles. The molecule has 110 valence electrons. The number of carbonyl (C=O) groups is 2. The summed E-state index contributed by atoms with van der Waals surface area (Å²) in [5.41, 5.74) is 3.99. The normalized spacial score (nSPS) is 13.3. The molecule has 0 spiro atoms. The third kappa shape index (κ3) is 2.46. The molecule has 0 fully saturated rings. The van der Waals surface area contributed by atoms with Gasteiger partial charge in [0.1, 0.15) is 0 Å². The first kappa shape index (κ1) is 14.3. The average Bonchev–Trinajstić information content (AvgIpc) is 2.78. The summed E-state index contributed by atoms with van der Waals surface area (Å²) in [7, 11) is 0. The highest BCUT2D eigenvalue weighted by Gasteiger charge is 2.36. The van der Waals surface area contributed by atoms with Crippen molar-refractivity contribution in [2.75, 3.05) is 4.90 Å². The van der Waals surface area contributed by atoms with Crippen LogP contribution in [-0.2, 0) is 6.42 Å². The molecule has 3 rings (SSSR count). The molecule has 3 nitrogen and oxygen atoms in total. The molecule has 0 radical (unpaired) electrons. The quantitative estimate of drug-likeness (QED) is 0.633. The largest absolute Gasteiger partial charge is 0.268 e. The Hall–Kier alpha value is -2.68. The van der Waals surface area contributed by atoms with Crippen LogP contribution in [0.25, 0.3) is 0 Å². The molecule has 22 heavy (non-hydrogen) atoms. The molecular weight excluding hydrogens is 274 g/mol. The maximum Gasteiger partial charge on any atom is 0.266 e. The Labute approximate surface area is 129 Å². The fourth-order valence-electron chi connectivity index (χ4n) is 2.53. The highest BCUT2D eigenvalue weighted by atomic mass is 16.2. The van der Waals surface area contributed by atoms with E-state index in [1.807, 2.05) is 24.3 Å². The van der Waals surface area contributed by atoms with Gasteiger partial charge >= 0.3 is 0 Å². The van der Waals surface area contributed by atoms with E-state index in [1.165, 1.54) is 10.5 Å². The Morgan fingerprint density at radius 1 is 0.909 bits per heavy atom. The number of hydrogen-bond acceptors (Lipinski definition) is 2. The van der Waals surface area contributed by atoms with Crippen molar-refractivity contribution in [2.24, 2.45) is 0 Å². The Morgan fingerprint density at radius 2 is 1.45 bits per heavy atom. The van der Waals surface area contributed by atoms with Crippen LogP contribution in [0.3, 0.4) is 0 Å². The number of anilines is 1. The summed E-state index contributed by atoms with van der Waals surface area (Å²) in [6.07, 6.45) is 3.00. The van der Waals surface area contributed by atoms with Gasteiger partial charge in [-0.25, -0.2) is 4.90 Å². The van der Waals surface area contributed by atoms with E-state index in [0.29, 0.717) is 16.8 Å². The van der Waals surface area contributed by atoms with Crippen LogP contribution < -0.4 is 4.90 Å². The van der Waals surface area contributed by atoms with E-state index in [2.05, 4.69) is 19.9 Å². The van der Waals surface area contributed by atoms with Gasteiger partial charge in [0.25, 0.3) is 11.8 Å². The van der Waals surface area contributed by atoms with Gasteiger partial charge in [-0.2, -0.15) is 0 Å². The number of allylic oxidation sites excluding steroid dienone is 2. The van der Waals surface area contributed by atoms with E-state index in [0.717, 1.165) is 12.0 Å². The molecule has 1 aliphatic heterocycles. The number of fused-ring (bicyclic) bond motifs is 1. The molecule has 0 aliphatic carbocycles. The molecule has 1 aliphatic rings. The molecule has 2 aromatic carbocycles. The van der Waals surface area contributed by atoms with E-state index in [9.17, 15) is 9.59 Å². The van der Waals surface area contributed by atoms with Crippen LogP contribution in [0.5, 0.6) is 0 Å². The van der Waals surface area contributed by atoms with Crippen LogP contribution in [0.15, 0.2) is 60.2 Å². The molecule has 0 N–H and O–H groups in total. The van der Waals surface area contributed by atoms with Gasteiger partial charge in [0.2, 0.25) is 0 Å². The third-order valence-electron chi connectivity index (χ3n) is 3.73. The van der Waals surface area contributed by atoms with Gasteiger partial charge in [-0.05, 0) is 50.1 Å². The summed E-state index contributed by atoms with van der Waals surface area (Å²) >= 11 is 0. The fourth-order valence-corrected chi connectivity index (χ4v) is 2.53. The van der Waals surface area contributed by atoms with Gasteiger partial charge in [-0.1, -0.05) is 35.9 Å². The number of nitrogens with zero attached hydrogens (tertiary/aromatic N) is 1. The summed E-state index contributed by atoms with van der Waals surface area (Å²) in [5, 5.41) is 0. The Bertz CT molecular complexity index is 733. The molecule has 2 amide bonds. The fraction of sp³-hybridized carbons (Fsp3) is 0.158. The monoisotopic (exact) mass is 291 g/mol. The second-order valence-electron chi connectivity index (χ2n) is 5.64.